The zero-order valence-electron chi connectivity index (χ0n) is 19.3. The van der Waals surface area contributed by atoms with E-state index in [-0.39, 0.29) is 17.9 Å². The van der Waals surface area contributed by atoms with E-state index in [1.165, 1.54) is 17.3 Å². The molecule has 2 aromatic carbocycles. The topological polar surface area (TPSA) is 89.0 Å². The molecule has 1 aliphatic rings. The summed E-state index contributed by atoms with van der Waals surface area (Å²) in [7, 11) is 3.14. The van der Waals surface area contributed by atoms with Gasteiger partial charge in [0.25, 0.3) is 11.7 Å². The number of Topliss-reactive ketones (excluding diaryl/α,β-unsaturated/α-hetero) is 1. The summed E-state index contributed by atoms with van der Waals surface area (Å²) < 4.78 is 10.7. The van der Waals surface area contributed by atoms with Crippen LogP contribution in [0, 0.1) is 6.92 Å². The lowest BCUT2D eigenvalue weighted by molar-refractivity contribution is -0.139. The highest BCUT2D eigenvalue weighted by molar-refractivity contribution is 6.46. The Morgan fingerprint density at radius 2 is 1.74 bits per heavy atom. The highest BCUT2D eigenvalue weighted by atomic mass is 16.5. The van der Waals surface area contributed by atoms with Crippen LogP contribution in [0.2, 0.25) is 0 Å². The van der Waals surface area contributed by atoms with Crippen molar-refractivity contribution in [3.63, 3.8) is 0 Å². The number of amides is 1. The molecule has 1 fully saturated rings. The Kier molecular flexibility index (Phi) is 6.63. The Morgan fingerprint density at radius 1 is 1.00 bits per heavy atom. The van der Waals surface area contributed by atoms with E-state index in [2.05, 4.69) is 4.98 Å². The fourth-order valence-electron chi connectivity index (χ4n) is 4.25. The maximum absolute atomic E-state index is 13.1. The zero-order chi connectivity index (χ0) is 24.2. The molecule has 1 amide bonds. The van der Waals surface area contributed by atoms with Crippen LogP contribution in [0.15, 0.2) is 72.6 Å². The van der Waals surface area contributed by atoms with Gasteiger partial charge in [0, 0.05) is 24.5 Å². The normalized spacial score (nSPS) is 17.1. The van der Waals surface area contributed by atoms with Gasteiger partial charge in [-0.15, -0.1) is 0 Å². The van der Waals surface area contributed by atoms with Crippen molar-refractivity contribution in [1.29, 1.82) is 0 Å². The van der Waals surface area contributed by atoms with Gasteiger partial charge in [-0.2, -0.15) is 0 Å². The molecule has 174 valence electrons. The number of hydrogen-bond acceptors (Lipinski definition) is 6. The summed E-state index contributed by atoms with van der Waals surface area (Å²) >= 11 is 0. The van der Waals surface area contributed by atoms with Crippen LogP contribution < -0.4 is 9.47 Å². The minimum Gasteiger partial charge on any atom is -0.507 e. The average molecular weight is 459 g/mol. The molecule has 0 saturated carbocycles. The van der Waals surface area contributed by atoms with Crippen molar-refractivity contribution >= 4 is 17.4 Å². The van der Waals surface area contributed by atoms with Crippen molar-refractivity contribution < 1.29 is 24.2 Å². The van der Waals surface area contributed by atoms with E-state index in [9.17, 15) is 14.7 Å². The smallest absolute Gasteiger partial charge is 0.295 e. The van der Waals surface area contributed by atoms with Gasteiger partial charge in [0.15, 0.2) is 11.5 Å². The molecule has 0 radical (unpaired) electrons. The number of benzene rings is 2. The monoisotopic (exact) mass is 458 g/mol. The Hall–Kier alpha value is -4.13. The number of carbonyl (C=O) groups excluding carboxylic acids is 2. The molecule has 1 unspecified atom stereocenters. The van der Waals surface area contributed by atoms with Gasteiger partial charge in [0.05, 0.1) is 25.8 Å². The summed E-state index contributed by atoms with van der Waals surface area (Å²) in [6, 6.07) is 15.7. The number of methoxy groups -OCH3 is 2. The maximum atomic E-state index is 13.1. The first-order valence-electron chi connectivity index (χ1n) is 10.9. The van der Waals surface area contributed by atoms with E-state index in [1.54, 1.807) is 26.4 Å². The van der Waals surface area contributed by atoms with Crippen LogP contribution in [0.4, 0.5) is 0 Å². The van der Waals surface area contributed by atoms with Gasteiger partial charge in [0.1, 0.15) is 5.76 Å². The molecular weight excluding hydrogens is 432 g/mol. The van der Waals surface area contributed by atoms with Gasteiger partial charge < -0.3 is 19.5 Å². The summed E-state index contributed by atoms with van der Waals surface area (Å²) in [6.07, 6.45) is 3.55. The molecule has 1 saturated heterocycles. The van der Waals surface area contributed by atoms with Crippen molar-refractivity contribution in [1.82, 2.24) is 9.88 Å². The van der Waals surface area contributed by atoms with Gasteiger partial charge >= 0.3 is 0 Å². The first-order valence-corrected chi connectivity index (χ1v) is 10.9. The summed E-state index contributed by atoms with van der Waals surface area (Å²) in [6.45, 7) is 2.23. The molecule has 7 nitrogen and oxygen atoms in total. The van der Waals surface area contributed by atoms with E-state index in [4.69, 9.17) is 9.47 Å². The molecule has 1 N–H and O–H groups in total. The van der Waals surface area contributed by atoms with Gasteiger partial charge in [-0.1, -0.05) is 35.9 Å². The second-order valence-electron chi connectivity index (χ2n) is 8.08. The molecule has 2 heterocycles. The van der Waals surface area contributed by atoms with Crippen LogP contribution in [0.1, 0.15) is 28.3 Å². The number of pyridine rings is 1. The van der Waals surface area contributed by atoms with Crippen molar-refractivity contribution in [2.45, 2.75) is 19.4 Å². The summed E-state index contributed by atoms with van der Waals surface area (Å²) in [4.78, 5) is 31.8. The fourth-order valence-corrected chi connectivity index (χ4v) is 4.25. The number of hydrogen-bond donors (Lipinski definition) is 1. The number of aliphatic hydroxyl groups is 1. The molecular formula is C27H26N2O5. The molecule has 0 bridgehead atoms. The van der Waals surface area contributed by atoms with Gasteiger partial charge in [-0.3, -0.25) is 14.6 Å². The van der Waals surface area contributed by atoms with Gasteiger partial charge in [-0.05, 0) is 48.7 Å². The highest BCUT2D eigenvalue weighted by Gasteiger charge is 2.45. The predicted octanol–water partition coefficient (Wildman–Crippen LogP) is 4.07. The first kappa shape index (κ1) is 23.0. The first-order chi connectivity index (χ1) is 16.4. The number of aliphatic hydroxyl groups excluding tert-OH is 1. The van der Waals surface area contributed by atoms with Crippen molar-refractivity contribution in [2.75, 3.05) is 20.8 Å². The molecule has 34 heavy (non-hydrogen) atoms. The number of rotatable bonds is 7. The van der Waals surface area contributed by atoms with Crippen LogP contribution in [-0.2, 0) is 16.0 Å². The number of aryl methyl sites for hydroxylation is 1. The fraction of sp³-hybridized carbons (Fsp3) is 0.222. The lowest BCUT2D eigenvalue weighted by Gasteiger charge is -2.26. The molecule has 0 aliphatic carbocycles. The van der Waals surface area contributed by atoms with Crippen LogP contribution in [0.5, 0.6) is 11.5 Å². The van der Waals surface area contributed by atoms with Crippen molar-refractivity contribution in [2.24, 2.45) is 0 Å². The van der Waals surface area contributed by atoms with Crippen LogP contribution in [-0.4, -0.2) is 47.4 Å². The second-order valence-corrected chi connectivity index (χ2v) is 8.08. The third-order valence-electron chi connectivity index (χ3n) is 5.94. The minimum atomic E-state index is -0.701. The quantitative estimate of drug-likeness (QED) is 0.326. The SMILES string of the molecule is COc1ccc(CCN2C(=O)C(=O)/C(=C(/O)c3ccncc3)C2c2cccc(C)c2)cc1OC. The molecule has 1 atom stereocenters. The van der Waals surface area contributed by atoms with E-state index in [1.807, 2.05) is 49.4 Å². The Labute approximate surface area is 198 Å². The van der Waals surface area contributed by atoms with E-state index in [0.29, 0.717) is 23.5 Å². The maximum Gasteiger partial charge on any atom is 0.295 e. The predicted molar refractivity (Wildman–Crippen MR) is 128 cm³/mol. The molecule has 4 rings (SSSR count). The number of carbonyl (C=O) groups is 2. The largest absolute Gasteiger partial charge is 0.507 e. The second kappa shape index (κ2) is 9.79. The molecule has 1 aliphatic heterocycles. The van der Waals surface area contributed by atoms with Crippen molar-refractivity contribution in [3.8, 4) is 11.5 Å². The van der Waals surface area contributed by atoms with E-state index < -0.39 is 17.7 Å². The number of likely N-dealkylation sites (tertiary alicyclic amines) is 1. The van der Waals surface area contributed by atoms with E-state index >= 15 is 0 Å². The van der Waals surface area contributed by atoms with Gasteiger partial charge in [-0.25, -0.2) is 0 Å². The summed E-state index contributed by atoms with van der Waals surface area (Å²) in [5.41, 5.74) is 3.20. The summed E-state index contributed by atoms with van der Waals surface area (Å²) in [5.74, 6) is -0.338. The Bertz CT molecular complexity index is 1250. The Morgan fingerprint density at radius 3 is 2.41 bits per heavy atom. The van der Waals surface area contributed by atoms with Crippen LogP contribution >= 0.6 is 0 Å². The molecule has 7 heteroatoms. The average Bonchev–Trinajstić information content (AvgIpc) is 3.12. The number of aromatic nitrogens is 1. The number of ketones is 1. The van der Waals surface area contributed by atoms with Crippen LogP contribution in [0.3, 0.4) is 0 Å². The zero-order valence-corrected chi connectivity index (χ0v) is 19.3. The summed E-state index contributed by atoms with van der Waals surface area (Å²) in [5, 5.41) is 11.1. The van der Waals surface area contributed by atoms with E-state index in [0.717, 1.165) is 16.7 Å². The molecule has 1 aromatic heterocycles. The van der Waals surface area contributed by atoms with Crippen LogP contribution in [0.25, 0.3) is 5.76 Å². The highest BCUT2D eigenvalue weighted by Crippen LogP contribution is 2.39. The van der Waals surface area contributed by atoms with Gasteiger partial charge in [0.2, 0.25) is 0 Å². The Balaban J connectivity index is 1.74. The third-order valence-corrected chi connectivity index (χ3v) is 5.94. The lowest BCUT2D eigenvalue weighted by atomic mass is 9.94. The minimum absolute atomic E-state index is 0.0779. The third kappa shape index (κ3) is 4.37. The lowest BCUT2D eigenvalue weighted by Crippen LogP contribution is -2.31. The number of ether oxygens (including phenoxy) is 2. The molecule has 3 aromatic rings. The number of nitrogens with zero attached hydrogens (tertiary/aromatic N) is 2. The van der Waals surface area contributed by atoms with Crippen molar-refractivity contribution in [3.05, 3.63) is 94.8 Å². The molecule has 0 spiro atoms. The standard InChI is InChI=1S/C27H26N2O5/c1-17-5-4-6-20(15-17)24-23(25(30)19-9-12-28-13-10-19)26(31)27(32)29(24)14-11-18-7-8-21(33-2)22(16-18)34-3/h4-10,12-13,15-16,24,30H,11,14H2,1-3H3/b25-23+.